The van der Waals surface area contributed by atoms with Gasteiger partial charge in [0, 0.05) is 10.2 Å². The van der Waals surface area contributed by atoms with Gasteiger partial charge in [-0.2, -0.15) is 0 Å². The zero-order chi connectivity index (χ0) is 18.6. The van der Waals surface area contributed by atoms with Crippen molar-refractivity contribution in [3.05, 3.63) is 63.9 Å². The number of hydrogen-bond donors (Lipinski definition) is 1. The minimum Gasteiger partial charge on any atom is -0.449 e. The molecule has 1 amide bonds. The summed E-state index contributed by atoms with van der Waals surface area (Å²) in [6.07, 6.45) is -0.996. The normalized spacial score (nSPS) is 11.9. The fraction of sp³-hybridized carbons (Fsp3) is 0.263. The van der Waals surface area contributed by atoms with Crippen LogP contribution in [0.1, 0.15) is 42.6 Å². The zero-order valence-electron chi connectivity index (χ0n) is 14.2. The van der Waals surface area contributed by atoms with Crippen LogP contribution < -0.4 is 5.32 Å². The molecule has 2 rings (SSSR count). The lowest BCUT2D eigenvalue weighted by molar-refractivity contribution is -0.123. The Balaban J connectivity index is 2.07. The molecule has 0 radical (unpaired) electrons. The lowest BCUT2D eigenvalue weighted by Crippen LogP contribution is -2.30. The van der Waals surface area contributed by atoms with Gasteiger partial charge in [-0.25, -0.2) is 9.18 Å². The Labute approximate surface area is 154 Å². The van der Waals surface area contributed by atoms with Gasteiger partial charge >= 0.3 is 5.97 Å². The van der Waals surface area contributed by atoms with Crippen molar-refractivity contribution in [1.82, 2.24) is 0 Å². The Morgan fingerprint density at radius 1 is 1.12 bits per heavy atom. The fourth-order valence-electron chi connectivity index (χ4n) is 2.28. The SMILES string of the molecule is CC(C)c1ccccc1NC(=O)[C@H](C)OC(=O)c1ccc(F)cc1Br. The topological polar surface area (TPSA) is 55.4 Å². The first kappa shape index (κ1) is 19.1. The molecule has 0 saturated carbocycles. The summed E-state index contributed by atoms with van der Waals surface area (Å²) in [6.45, 7) is 5.55. The molecule has 2 aromatic rings. The van der Waals surface area contributed by atoms with Crippen LogP contribution in [0.15, 0.2) is 46.9 Å². The largest absolute Gasteiger partial charge is 0.449 e. The molecule has 0 spiro atoms. The molecule has 0 unspecified atom stereocenters. The van der Waals surface area contributed by atoms with Crippen molar-refractivity contribution >= 4 is 33.5 Å². The second-order valence-electron chi connectivity index (χ2n) is 5.90. The van der Waals surface area contributed by atoms with Crippen molar-refractivity contribution in [2.45, 2.75) is 32.8 Å². The predicted molar refractivity (Wildman–Crippen MR) is 98.1 cm³/mol. The predicted octanol–water partition coefficient (Wildman–Crippen LogP) is 4.90. The number of para-hydroxylation sites is 1. The summed E-state index contributed by atoms with van der Waals surface area (Å²) in [5.74, 6) is -1.37. The Morgan fingerprint density at radius 2 is 1.80 bits per heavy atom. The monoisotopic (exact) mass is 407 g/mol. The standard InChI is InChI=1S/C19H19BrFNO3/c1-11(2)14-6-4-5-7-17(14)22-18(23)12(3)25-19(24)15-9-8-13(21)10-16(15)20/h4-12H,1-3H3,(H,22,23)/t12-/m0/s1. The first-order valence-electron chi connectivity index (χ1n) is 7.85. The molecule has 2 aromatic carbocycles. The quantitative estimate of drug-likeness (QED) is 0.717. The average Bonchev–Trinajstić information content (AvgIpc) is 2.54. The minimum atomic E-state index is -0.996. The number of benzene rings is 2. The Kier molecular flexibility index (Phi) is 6.31. The van der Waals surface area contributed by atoms with Crippen LogP contribution in [0.2, 0.25) is 0 Å². The van der Waals surface area contributed by atoms with Crippen LogP contribution in [0.5, 0.6) is 0 Å². The Morgan fingerprint density at radius 3 is 2.44 bits per heavy atom. The van der Waals surface area contributed by atoms with Crippen molar-refractivity contribution in [2.24, 2.45) is 0 Å². The van der Waals surface area contributed by atoms with E-state index in [1.807, 2.05) is 32.0 Å². The molecule has 0 aromatic heterocycles. The molecule has 1 N–H and O–H groups in total. The van der Waals surface area contributed by atoms with Gasteiger partial charge in [-0.3, -0.25) is 4.79 Å². The number of rotatable bonds is 5. The van der Waals surface area contributed by atoms with Crippen LogP contribution in [0, 0.1) is 5.82 Å². The van der Waals surface area contributed by atoms with Crippen molar-refractivity contribution in [1.29, 1.82) is 0 Å². The highest BCUT2D eigenvalue weighted by Crippen LogP contribution is 2.24. The van der Waals surface area contributed by atoms with E-state index in [4.69, 9.17) is 4.74 Å². The molecule has 0 aliphatic heterocycles. The first-order chi connectivity index (χ1) is 11.8. The Hall–Kier alpha value is -2.21. The van der Waals surface area contributed by atoms with Crippen LogP contribution in [-0.4, -0.2) is 18.0 Å². The fourth-order valence-corrected chi connectivity index (χ4v) is 2.79. The molecular formula is C19H19BrFNO3. The number of hydrogen-bond acceptors (Lipinski definition) is 3. The molecule has 25 heavy (non-hydrogen) atoms. The third kappa shape index (κ3) is 4.89. The summed E-state index contributed by atoms with van der Waals surface area (Å²) < 4.78 is 18.6. The van der Waals surface area contributed by atoms with Gasteiger partial charge in [0.2, 0.25) is 0 Å². The molecule has 0 fully saturated rings. The van der Waals surface area contributed by atoms with E-state index in [-0.39, 0.29) is 16.0 Å². The lowest BCUT2D eigenvalue weighted by atomic mass is 10.0. The molecular weight excluding hydrogens is 389 g/mol. The van der Waals surface area contributed by atoms with E-state index in [0.717, 1.165) is 11.6 Å². The maximum atomic E-state index is 13.1. The molecule has 0 saturated heterocycles. The third-order valence-electron chi connectivity index (χ3n) is 3.64. The number of halogens is 2. The number of nitrogens with one attached hydrogen (secondary N) is 1. The summed E-state index contributed by atoms with van der Waals surface area (Å²) in [6, 6.07) is 11.1. The van der Waals surface area contributed by atoms with E-state index in [9.17, 15) is 14.0 Å². The second-order valence-corrected chi connectivity index (χ2v) is 6.76. The van der Waals surface area contributed by atoms with Crippen LogP contribution in [-0.2, 0) is 9.53 Å². The number of anilines is 1. The summed E-state index contributed by atoms with van der Waals surface area (Å²) in [5.41, 5.74) is 1.84. The molecule has 0 aliphatic carbocycles. The highest BCUT2D eigenvalue weighted by molar-refractivity contribution is 9.10. The van der Waals surface area contributed by atoms with Crippen molar-refractivity contribution in [3.63, 3.8) is 0 Å². The van der Waals surface area contributed by atoms with Gasteiger partial charge in [0.25, 0.3) is 5.91 Å². The number of amides is 1. The first-order valence-corrected chi connectivity index (χ1v) is 8.64. The van der Waals surface area contributed by atoms with E-state index in [0.29, 0.717) is 5.69 Å². The summed E-state index contributed by atoms with van der Waals surface area (Å²) >= 11 is 3.11. The molecule has 0 aliphatic rings. The summed E-state index contributed by atoms with van der Waals surface area (Å²) in [7, 11) is 0. The number of carbonyl (C=O) groups excluding carboxylic acids is 2. The maximum absolute atomic E-state index is 13.1. The highest BCUT2D eigenvalue weighted by Gasteiger charge is 2.21. The van der Waals surface area contributed by atoms with Gasteiger partial charge in [0.1, 0.15) is 5.82 Å². The minimum absolute atomic E-state index is 0.156. The lowest BCUT2D eigenvalue weighted by Gasteiger charge is -2.17. The van der Waals surface area contributed by atoms with Gasteiger partial charge in [-0.15, -0.1) is 0 Å². The molecule has 4 nitrogen and oxygen atoms in total. The maximum Gasteiger partial charge on any atom is 0.340 e. The van der Waals surface area contributed by atoms with Gasteiger partial charge in [-0.05, 0) is 58.6 Å². The second kappa shape index (κ2) is 8.25. The molecule has 0 heterocycles. The van der Waals surface area contributed by atoms with Crippen LogP contribution in [0.25, 0.3) is 0 Å². The summed E-state index contributed by atoms with van der Waals surface area (Å²) in [5, 5.41) is 2.78. The van der Waals surface area contributed by atoms with Gasteiger partial charge in [0.15, 0.2) is 6.10 Å². The molecule has 132 valence electrons. The summed E-state index contributed by atoms with van der Waals surface area (Å²) in [4.78, 5) is 24.5. The van der Waals surface area contributed by atoms with Crippen LogP contribution in [0.3, 0.4) is 0 Å². The number of ether oxygens (including phenoxy) is 1. The van der Waals surface area contributed by atoms with Crippen molar-refractivity contribution < 1.29 is 18.7 Å². The Bertz CT molecular complexity index is 792. The van der Waals surface area contributed by atoms with Gasteiger partial charge < -0.3 is 10.1 Å². The molecule has 6 heteroatoms. The van der Waals surface area contributed by atoms with E-state index in [1.54, 1.807) is 6.07 Å². The smallest absolute Gasteiger partial charge is 0.340 e. The highest BCUT2D eigenvalue weighted by atomic mass is 79.9. The van der Waals surface area contributed by atoms with E-state index in [2.05, 4.69) is 21.2 Å². The number of carbonyl (C=O) groups is 2. The van der Waals surface area contributed by atoms with E-state index in [1.165, 1.54) is 19.1 Å². The van der Waals surface area contributed by atoms with Gasteiger partial charge in [-0.1, -0.05) is 32.0 Å². The van der Waals surface area contributed by atoms with Crippen molar-refractivity contribution in [3.8, 4) is 0 Å². The van der Waals surface area contributed by atoms with Gasteiger partial charge in [0.05, 0.1) is 5.56 Å². The average molecular weight is 408 g/mol. The van der Waals surface area contributed by atoms with Crippen molar-refractivity contribution in [2.75, 3.05) is 5.32 Å². The van der Waals surface area contributed by atoms with E-state index >= 15 is 0 Å². The zero-order valence-corrected chi connectivity index (χ0v) is 15.8. The molecule has 1 atom stereocenters. The van der Waals surface area contributed by atoms with Crippen LogP contribution >= 0.6 is 15.9 Å². The number of esters is 1. The third-order valence-corrected chi connectivity index (χ3v) is 4.30. The van der Waals surface area contributed by atoms with E-state index < -0.39 is 23.8 Å². The molecule has 0 bridgehead atoms. The van der Waals surface area contributed by atoms with Crippen LogP contribution in [0.4, 0.5) is 10.1 Å².